The van der Waals surface area contributed by atoms with Gasteiger partial charge < -0.3 is 10.6 Å². The van der Waals surface area contributed by atoms with Gasteiger partial charge in [-0.3, -0.25) is 10.4 Å². The van der Waals surface area contributed by atoms with Crippen LogP contribution in [0.4, 0.5) is 17.8 Å². The van der Waals surface area contributed by atoms with Crippen molar-refractivity contribution in [3.63, 3.8) is 0 Å². The fourth-order valence-electron chi connectivity index (χ4n) is 1.11. The van der Waals surface area contributed by atoms with Gasteiger partial charge in [-0.05, 0) is 13.8 Å². The number of nitrogens with zero attached hydrogens (tertiary/aromatic N) is 5. The lowest BCUT2D eigenvalue weighted by atomic mass is 10.5. The normalized spacial score (nSPS) is 10.1. The van der Waals surface area contributed by atoms with Crippen molar-refractivity contribution in [3.8, 4) is 0 Å². The number of hydrogen-bond donors (Lipinski definition) is 3. The zero-order valence-electron chi connectivity index (χ0n) is 8.62. The molecule has 0 saturated heterocycles. The maximum atomic E-state index is 8.76. The second-order valence-electron chi connectivity index (χ2n) is 2.76. The predicted octanol–water partition coefficient (Wildman–Crippen LogP) is -0.115. The molecule has 4 N–H and O–H groups in total. The largest absolute Gasteiger partial charge is 0.368 e. The Morgan fingerprint density at radius 3 is 2.07 bits per heavy atom. The highest BCUT2D eigenvalue weighted by Crippen LogP contribution is 2.12. The number of anilines is 3. The maximum Gasteiger partial charge on any atom is 0.283 e. The molecule has 0 aliphatic rings. The van der Waals surface area contributed by atoms with Gasteiger partial charge in [0.2, 0.25) is 11.9 Å². The van der Waals surface area contributed by atoms with E-state index < -0.39 is 0 Å². The molecule has 0 amide bonds. The fraction of sp³-hybridized carbons (Fsp3) is 0.571. The Labute approximate surface area is 86.9 Å². The van der Waals surface area contributed by atoms with E-state index >= 15 is 0 Å². The van der Waals surface area contributed by atoms with Gasteiger partial charge in [0.15, 0.2) is 0 Å². The van der Waals surface area contributed by atoms with Gasteiger partial charge in [-0.1, -0.05) is 5.23 Å². The second-order valence-corrected chi connectivity index (χ2v) is 2.76. The highest BCUT2D eigenvalue weighted by molar-refractivity contribution is 5.40. The second kappa shape index (κ2) is 4.71. The first-order valence-electron chi connectivity index (χ1n) is 4.52. The molecule has 1 rings (SSSR count). The van der Waals surface area contributed by atoms with E-state index in [0.29, 0.717) is 19.0 Å². The fourth-order valence-corrected chi connectivity index (χ4v) is 1.11. The molecule has 0 radical (unpaired) electrons. The van der Waals surface area contributed by atoms with Gasteiger partial charge in [-0.15, -0.1) is 0 Å². The van der Waals surface area contributed by atoms with Crippen LogP contribution in [0.15, 0.2) is 0 Å². The van der Waals surface area contributed by atoms with E-state index in [1.165, 1.54) is 0 Å². The molecule has 8 heteroatoms. The Morgan fingerprint density at radius 2 is 1.60 bits per heavy atom. The molecule has 0 aliphatic carbocycles. The Bertz CT molecular complexity index is 327. The van der Waals surface area contributed by atoms with Crippen LogP contribution in [-0.4, -0.2) is 38.5 Å². The summed E-state index contributed by atoms with van der Waals surface area (Å²) < 4.78 is 0. The van der Waals surface area contributed by atoms with Crippen molar-refractivity contribution in [2.75, 3.05) is 28.9 Å². The van der Waals surface area contributed by atoms with Crippen molar-refractivity contribution in [3.05, 3.63) is 0 Å². The average Bonchev–Trinajstić information content (AvgIpc) is 2.18. The summed E-state index contributed by atoms with van der Waals surface area (Å²) in [4.78, 5) is 13.1. The summed E-state index contributed by atoms with van der Waals surface area (Å²) in [5.41, 5.74) is 5.41. The molecule has 1 heterocycles. The number of rotatable bonds is 4. The molecular formula is C7H14N6O2. The van der Waals surface area contributed by atoms with Crippen LogP contribution >= 0.6 is 0 Å². The smallest absolute Gasteiger partial charge is 0.283 e. The third kappa shape index (κ3) is 2.64. The van der Waals surface area contributed by atoms with E-state index in [1.54, 1.807) is 0 Å². The molecule has 0 aromatic carbocycles. The van der Waals surface area contributed by atoms with E-state index in [1.807, 2.05) is 18.7 Å². The van der Waals surface area contributed by atoms with E-state index in [2.05, 4.69) is 15.0 Å². The van der Waals surface area contributed by atoms with Crippen molar-refractivity contribution in [1.29, 1.82) is 0 Å². The number of hydrogen-bond acceptors (Lipinski definition) is 8. The highest BCUT2D eigenvalue weighted by Gasteiger charge is 2.12. The van der Waals surface area contributed by atoms with Gasteiger partial charge in [0.25, 0.3) is 5.95 Å². The van der Waals surface area contributed by atoms with E-state index in [0.717, 1.165) is 0 Å². The number of aromatic nitrogens is 3. The highest BCUT2D eigenvalue weighted by atomic mass is 16.8. The molecule has 0 bridgehead atoms. The summed E-state index contributed by atoms with van der Waals surface area (Å²) in [6.45, 7) is 5.24. The molecule has 0 unspecified atom stereocenters. The monoisotopic (exact) mass is 214 g/mol. The molecule has 8 nitrogen and oxygen atoms in total. The average molecular weight is 214 g/mol. The van der Waals surface area contributed by atoms with Crippen molar-refractivity contribution < 1.29 is 10.4 Å². The summed E-state index contributed by atoms with van der Waals surface area (Å²) in [6, 6.07) is 0. The first-order valence-corrected chi connectivity index (χ1v) is 4.52. The van der Waals surface area contributed by atoms with E-state index in [-0.39, 0.29) is 17.1 Å². The Kier molecular flexibility index (Phi) is 3.58. The van der Waals surface area contributed by atoms with Gasteiger partial charge in [0, 0.05) is 13.1 Å². The molecule has 0 aliphatic heterocycles. The summed E-state index contributed by atoms with van der Waals surface area (Å²) in [7, 11) is 0. The van der Waals surface area contributed by atoms with Crippen LogP contribution in [0.3, 0.4) is 0 Å². The van der Waals surface area contributed by atoms with Crippen LogP contribution in [-0.2, 0) is 0 Å². The molecule has 1 aromatic rings. The Hall–Kier alpha value is -1.67. The maximum absolute atomic E-state index is 8.76. The number of nitrogens with two attached hydrogens (primary N) is 1. The van der Waals surface area contributed by atoms with Crippen LogP contribution in [0, 0.1) is 0 Å². The van der Waals surface area contributed by atoms with Gasteiger partial charge in [-0.2, -0.15) is 15.0 Å². The van der Waals surface area contributed by atoms with Crippen LogP contribution < -0.4 is 15.9 Å². The van der Waals surface area contributed by atoms with Gasteiger partial charge in [0.1, 0.15) is 0 Å². The molecule has 0 atom stereocenters. The standard InChI is InChI=1S/C7H14N6O2/c1-3-12(4-2)6-9-5(8)10-7(11-6)13(14)15/h14-15H,3-4H2,1-2H3,(H2,8,9,10,11). The quantitative estimate of drug-likeness (QED) is 0.595. The van der Waals surface area contributed by atoms with Gasteiger partial charge in [-0.25, -0.2) is 0 Å². The molecule has 0 spiro atoms. The van der Waals surface area contributed by atoms with Crippen LogP contribution in [0.2, 0.25) is 0 Å². The van der Waals surface area contributed by atoms with E-state index in [4.69, 9.17) is 16.1 Å². The summed E-state index contributed by atoms with van der Waals surface area (Å²) >= 11 is 0. The van der Waals surface area contributed by atoms with Gasteiger partial charge >= 0.3 is 0 Å². The summed E-state index contributed by atoms with van der Waals surface area (Å²) in [5, 5.41) is 17.3. The number of nitrogen functional groups attached to an aromatic ring is 1. The predicted molar refractivity (Wildman–Crippen MR) is 53.9 cm³/mol. The minimum Gasteiger partial charge on any atom is -0.368 e. The Morgan fingerprint density at radius 1 is 1.07 bits per heavy atom. The molecule has 15 heavy (non-hydrogen) atoms. The third-order valence-corrected chi connectivity index (χ3v) is 1.85. The minimum absolute atomic E-state index is 0.0602. The lowest BCUT2D eigenvalue weighted by molar-refractivity contribution is 0.0242. The van der Waals surface area contributed by atoms with Crippen molar-refractivity contribution in [2.24, 2.45) is 0 Å². The molecular weight excluding hydrogens is 200 g/mol. The van der Waals surface area contributed by atoms with E-state index in [9.17, 15) is 0 Å². The first kappa shape index (κ1) is 11.4. The van der Waals surface area contributed by atoms with Crippen LogP contribution in [0.25, 0.3) is 0 Å². The van der Waals surface area contributed by atoms with Crippen molar-refractivity contribution in [1.82, 2.24) is 15.0 Å². The summed E-state index contributed by atoms with van der Waals surface area (Å²) in [6.07, 6.45) is 0. The zero-order chi connectivity index (χ0) is 11.4. The lowest BCUT2D eigenvalue weighted by Crippen LogP contribution is -2.26. The molecule has 0 fully saturated rings. The molecule has 84 valence electrons. The minimum atomic E-state index is -0.301. The van der Waals surface area contributed by atoms with Crippen molar-refractivity contribution in [2.45, 2.75) is 13.8 Å². The zero-order valence-corrected chi connectivity index (χ0v) is 8.62. The third-order valence-electron chi connectivity index (χ3n) is 1.85. The molecule has 1 aromatic heterocycles. The Balaban J connectivity index is 3.07. The summed E-state index contributed by atoms with van der Waals surface area (Å²) in [5.74, 6) is -0.0463. The molecule has 0 saturated carbocycles. The lowest BCUT2D eigenvalue weighted by Gasteiger charge is -2.19. The first-order chi connectivity index (χ1) is 7.08. The van der Waals surface area contributed by atoms with Crippen LogP contribution in [0.1, 0.15) is 13.8 Å². The SMILES string of the molecule is CCN(CC)c1nc(N)nc(N(O)O)n1. The topological polar surface area (TPSA) is 112 Å². The van der Waals surface area contributed by atoms with Crippen molar-refractivity contribution >= 4 is 17.8 Å². The van der Waals surface area contributed by atoms with Gasteiger partial charge in [0.05, 0.1) is 0 Å². The van der Waals surface area contributed by atoms with Crippen LogP contribution in [0.5, 0.6) is 0 Å².